The fourth-order valence-corrected chi connectivity index (χ4v) is 3.25. The lowest BCUT2D eigenvalue weighted by atomic mass is 9.96. The summed E-state index contributed by atoms with van der Waals surface area (Å²) in [5.41, 5.74) is 1.47. The Morgan fingerprint density at radius 3 is 2.92 bits per heavy atom. The fourth-order valence-electron chi connectivity index (χ4n) is 3.25. The first kappa shape index (κ1) is 16.3. The number of amides is 1. The molecule has 0 unspecified atom stereocenters. The number of rotatable bonds is 3. The van der Waals surface area contributed by atoms with Crippen LogP contribution in [0.2, 0.25) is 0 Å². The Bertz CT molecular complexity index is 1010. The number of nitrogens with zero attached hydrogens (tertiary/aromatic N) is 1. The molecule has 3 aromatic rings. The first-order valence-electron chi connectivity index (χ1n) is 8.67. The Morgan fingerprint density at radius 1 is 1.19 bits per heavy atom. The van der Waals surface area contributed by atoms with E-state index >= 15 is 0 Å². The fraction of sp³-hybridized carbons (Fsp3) is 0.250. The van der Waals surface area contributed by atoms with E-state index in [1.54, 1.807) is 18.2 Å². The zero-order chi connectivity index (χ0) is 17.9. The van der Waals surface area contributed by atoms with E-state index in [4.69, 9.17) is 4.74 Å². The Balaban J connectivity index is 1.46. The van der Waals surface area contributed by atoms with Gasteiger partial charge in [0.1, 0.15) is 11.6 Å². The summed E-state index contributed by atoms with van der Waals surface area (Å²) >= 11 is 0. The van der Waals surface area contributed by atoms with Crippen LogP contribution in [0.1, 0.15) is 17.8 Å². The third-order valence-corrected chi connectivity index (χ3v) is 4.63. The van der Waals surface area contributed by atoms with E-state index < -0.39 is 0 Å². The van der Waals surface area contributed by atoms with Crippen LogP contribution in [-0.4, -0.2) is 22.5 Å². The third kappa shape index (κ3) is 3.31. The Kier molecular flexibility index (Phi) is 4.39. The number of fused-ring (bicyclic) bond motifs is 2. The highest BCUT2D eigenvalue weighted by atomic mass is 16.5. The predicted octanol–water partition coefficient (Wildman–Crippen LogP) is 2.18. The summed E-state index contributed by atoms with van der Waals surface area (Å²) < 4.78 is 5.72. The maximum Gasteiger partial charge on any atom is 0.258 e. The Morgan fingerprint density at radius 2 is 2.00 bits per heavy atom. The van der Waals surface area contributed by atoms with Gasteiger partial charge >= 0.3 is 0 Å². The summed E-state index contributed by atoms with van der Waals surface area (Å²) in [5.74, 6) is 1.09. The smallest absolute Gasteiger partial charge is 0.258 e. The van der Waals surface area contributed by atoms with Gasteiger partial charge in [0.2, 0.25) is 5.91 Å². The van der Waals surface area contributed by atoms with Gasteiger partial charge in [0.25, 0.3) is 5.56 Å². The molecule has 26 heavy (non-hydrogen) atoms. The number of H-pyrrole nitrogens is 1. The lowest BCUT2D eigenvalue weighted by molar-refractivity contribution is -0.125. The van der Waals surface area contributed by atoms with Crippen LogP contribution >= 0.6 is 0 Å². The molecule has 2 N–H and O–H groups in total. The molecule has 0 saturated heterocycles. The van der Waals surface area contributed by atoms with E-state index in [9.17, 15) is 9.59 Å². The largest absolute Gasteiger partial charge is 0.493 e. The molecule has 2 heterocycles. The number of ether oxygens (including phenoxy) is 1. The summed E-state index contributed by atoms with van der Waals surface area (Å²) in [7, 11) is 0. The quantitative estimate of drug-likeness (QED) is 0.759. The minimum absolute atomic E-state index is 0.0545. The van der Waals surface area contributed by atoms with Crippen LogP contribution in [0.15, 0.2) is 53.3 Å². The molecular formula is C20H19N3O3. The molecule has 1 amide bonds. The molecule has 4 rings (SSSR count). The molecule has 132 valence electrons. The molecule has 0 saturated carbocycles. The topological polar surface area (TPSA) is 84.1 Å². The molecule has 0 radical (unpaired) electrons. The first-order valence-corrected chi connectivity index (χ1v) is 8.67. The molecule has 1 aliphatic heterocycles. The highest BCUT2D eigenvalue weighted by Gasteiger charge is 2.23. The molecule has 0 fully saturated rings. The van der Waals surface area contributed by atoms with Crippen molar-refractivity contribution in [3.63, 3.8) is 0 Å². The number of hydrogen-bond acceptors (Lipinski definition) is 4. The van der Waals surface area contributed by atoms with E-state index in [1.807, 2.05) is 30.3 Å². The van der Waals surface area contributed by atoms with Crippen molar-refractivity contribution < 1.29 is 9.53 Å². The van der Waals surface area contributed by atoms with Crippen molar-refractivity contribution in [1.29, 1.82) is 0 Å². The predicted molar refractivity (Wildman–Crippen MR) is 98.0 cm³/mol. The average molecular weight is 349 g/mol. The van der Waals surface area contributed by atoms with Gasteiger partial charge in [-0.15, -0.1) is 0 Å². The van der Waals surface area contributed by atoms with Crippen molar-refractivity contribution in [2.24, 2.45) is 5.92 Å². The van der Waals surface area contributed by atoms with Crippen molar-refractivity contribution >= 4 is 16.8 Å². The van der Waals surface area contributed by atoms with Gasteiger partial charge in [-0.2, -0.15) is 0 Å². The lowest BCUT2D eigenvalue weighted by Crippen LogP contribution is -2.33. The van der Waals surface area contributed by atoms with E-state index in [1.165, 1.54) is 0 Å². The van der Waals surface area contributed by atoms with Gasteiger partial charge in [0.05, 0.1) is 24.1 Å². The molecule has 0 aliphatic carbocycles. The molecule has 2 aromatic carbocycles. The zero-order valence-corrected chi connectivity index (χ0v) is 14.2. The number of hydrogen-bond donors (Lipinski definition) is 2. The van der Waals surface area contributed by atoms with Crippen LogP contribution in [-0.2, 0) is 17.8 Å². The van der Waals surface area contributed by atoms with Gasteiger partial charge < -0.3 is 15.0 Å². The van der Waals surface area contributed by atoms with Crippen LogP contribution in [0.4, 0.5) is 0 Å². The van der Waals surface area contributed by atoms with Gasteiger partial charge in [0, 0.05) is 5.92 Å². The molecule has 6 nitrogen and oxygen atoms in total. The van der Waals surface area contributed by atoms with Gasteiger partial charge in [-0.05, 0) is 36.6 Å². The summed E-state index contributed by atoms with van der Waals surface area (Å²) in [6.45, 7) is 0.706. The van der Waals surface area contributed by atoms with Gasteiger partial charge in [-0.3, -0.25) is 9.59 Å². The molecule has 6 heteroatoms. The van der Waals surface area contributed by atoms with E-state index in [-0.39, 0.29) is 23.9 Å². The normalized spacial score (nSPS) is 16.4. The molecule has 1 aliphatic rings. The Hall–Kier alpha value is -3.15. The number of carbonyl (C=O) groups excluding carboxylic acids is 1. The summed E-state index contributed by atoms with van der Waals surface area (Å²) in [6.07, 6.45) is 1.30. The van der Waals surface area contributed by atoms with Crippen molar-refractivity contribution in [2.75, 3.05) is 6.61 Å². The minimum atomic E-state index is -0.198. The molecule has 0 spiro atoms. The molecule has 1 atom stereocenters. The van der Waals surface area contributed by atoms with E-state index in [0.29, 0.717) is 36.2 Å². The van der Waals surface area contributed by atoms with Crippen molar-refractivity contribution in [3.8, 4) is 5.75 Å². The minimum Gasteiger partial charge on any atom is -0.493 e. The first-order chi connectivity index (χ1) is 12.7. The second-order valence-electron chi connectivity index (χ2n) is 6.39. The van der Waals surface area contributed by atoms with Gasteiger partial charge in [-0.25, -0.2) is 4.98 Å². The van der Waals surface area contributed by atoms with E-state index in [0.717, 1.165) is 11.3 Å². The maximum atomic E-state index is 12.6. The number of benzene rings is 2. The van der Waals surface area contributed by atoms with Crippen LogP contribution in [0.25, 0.3) is 10.9 Å². The highest BCUT2D eigenvalue weighted by molar-refractivity contribution is 5.79. The molecule has 1 aromatic heterocycles. The SMILES string of the molecule is O=C(NCc1nc2ccccc2c(=O)[nH]1)[C@@H]1CCOc2ccccc2C1. The summed E-state index contributed by atoms with van der Waals surface area (Å²) in [4.78, 5) is 31.8. The third-order valence-electron chi connectivity index (χ3n) is 4.63. The second-order valence-corrected chi connectivity index (χ2v) is 6.39. The van der Waals surface area contributed by atoms with Crippen molar-refractivity contribution in [3.05, 3.63) is 70.3 Å². The average Bonchev–Trinajstić information content (AvgIpc) is 2.89. The van der Waals surface area contributed by atoms with Crippen LogP contribution in [0.3, 0.4) is 0 Å². The summed E-state index contributed by atoms with van der Waals surface area (Å²) in [5, 5.41) is 3.43. The summed E-state index contributed by atoms with van der Waals surface area (Å²) in [6, 6.07) is 14.9. The molecule has 0 bridgehead atoms. The van der Waals surface area contributed by atoms with E-state index in [2.05, 4.69) is 15.3 Å². The van der Waals surface area contributed by atoms with Crippen molar-refractivity contribution in [2.45, 2.75) is 19.4 Å². The number of para-hydroxylation sites is 2. The van der Waals surface area contributed by atoms with Crippen LogP contribution < -0.4 is 15.6 Å². The lowest BCUT2D eigenvalue weighted by Gasteiger charge is -2.13. The Labute approximate surface area is 150 Å². The van der Waals surface area contributed by atoms with Crippen LogP contribution in [0, 0.1) is 5.92 Å². The maximum absolute atomic E-state index is 12.6. The monoisotopic (exact) mass is 349 g/mol. The van der Waals surface area contributed by atoms with Crippen LogP contribution in [0.5, 0.6) is 5.75 Å². The van der Waals surface area contributed by atoms with Gasteiger partial charge in [-0.1, -0.05) is 30.3 Å². The van der Waals surface area contributed by atoms with Gasteiger partial charge in [0.15, 0.2) is 0 Å². The number of carbonyl (C=O) groups is 1. The number of nitrogens with one attached hydrogen (secondary N) is 2. The number of aromatic amines is 1. The molecular weight excluding hydrogens is 330 g/mol. The standard InChI is InChI=1S/C20H19N3O3/c24-19(14-9-10-26-17-8-4-1-5-13(17)11-14)21-12-18-22-16-7-3-2-6-15(16)20(25)23-18/h1-8,14H,9-12H2,(H,21,24)(H,22,23,25)/t14-/m1/s1. The highest BCUT2D eigenvalue weighted by Crippen LogP contribution is 2.26. The zero-order valence-electron chi connectivity index (χ0n) is 14.2. The second kappa shape index (κ2) is 7.00. The van der Waals surface area contributed by atoms with Crippen molar-refractivity contribution in [1.82, 2.24) is 15.3 Å². The number of aromatic nitrogens is 2.